The molecule has 0 spiro atoms. The maximum Gasteiger partial charge on any atom is 0.257 e. The van der Waals surface area contributed by atoms with Gasteiger partial charge < -0.3 is 15.0 Å². The molecular formula is C12H19N3O2. The third-order valence-electron chi connectivity index (χ3n) is 2.56. The van der Waals surface area contributed by atoms with E-state index in [9.17, 15) is 4.79 Å². The van der Waals surface area contributed by atoms with Gasteiger partial charge in [-0.25, -0.2) is 0 Å². The number of nitrogens with one attached hydrogen (secondary N) is 1. The predicted octanol–water partition coefficient (Wildman–Crippen LogP) is 1.23. The molecule has 5 nitrogen and oxygen atoms in total. The predicted molar refractivity (Wildman–Crippen MR) is 67.2 cm³/mol. The van der Waals surface area contributed by atoms with Crippen molar-refractivity contribution >= 4 is 11.6 Å². The molecule has 1 aromatic rings. The van der Waals surface area contributed by atoms with E-state index >= 15 is 0 Å². The smallest absolute Gasteiger partial charge is 0.257 e. The molecule has 0 aliphatic heterocycles. The van der Waals surface area contributed by atoms with E-state index in [4.69, 9.17) is 4.74 Å². The Hall–Kier alpha value is -1.62. The fourth-order valence-corrected chi connectivity index (χ4v) is 1.56. The number of rotatable bonds is 6. The number of ether oxygens (including phenoxy) is 1. The van der Waals surface area contributed by atoms with Crippen molar-refractivity contribution in [2.45, 2.75) is 6.92 Å². The summed E-state index contributed by atoms with van der Waals surface area (Å²) in [5.74, 6) is -0.0259. The number of carbonyl (C=O) groups is 1. The van der Waals surface area contributed by atoms with Gasteiger partial charge in [-0.2, -0.15) is 0 Å². The van der Waals surface area contributed by atoms with Crippen molar-refractivity contribution < 1.29 is 9.53 Å². The quantitative estimate of drug-likeness (QED) is 0.808. The van der Waals surface area contributed by atoms with E-state index in [2.05, 4.69) is 10.3 Å². The second kappa shape index (κ2) is 6.85. The number of aromatic nitrogens is 1. The van der Waals surface area contributed by atoms with Gasteiger partial charge in [0.2, 0.25) is 0 Å². The zero-order valence-electron chi connectivity index (χ0n) is 10.6. The maximum absolute atomic E-state index is 12.3. The lowest BCUT2D eigenvalue weighted by molar-refractivity contribution is 0.0707. The number of amides is 1. The molecule has 0 unspecified atom stereocenters. The van der Waals surface area contributed by atoms with E-state index in [-0.39, 0.29) is 5.91 Å². The highest BCUT2D eigenvalue weighted by molar-refractivity contribution is 5.99. The minimum atomic E-state index is -0.0259. The van der Waals surface area contributed by atoms with Crippen LogP contribution in [0, 0.1) is 0 Å². The van der Waals surface area contributed by atoms with E-state index in [1.807, 2.05) is 6.92 Å². The van der Waals surface area contributed by atoms with Gasteiger partial charge in [-0.3, -0.25) is 9.78 Å². The Morgan fingerprint density at radius 1 is 1.59 bits per heavy atom. The number of hydrogen-bond donors (Lipinski definition) is 1. The third-order valence-corrected chi connectivity index (χ3v) is 2.56. The van der Waals surface area contributed by atoms with Crippen LogP contribution in [0.1, 0.15) is 17.3 Å². The Balaban J connectivity index is 2.85. The van der Waals surface area contributed by atoms with Crippen LogP contribution in [0.4, 0.5) is 5.69 Å². The van der Waals surface area contributed by atoms with Crippen molar-refractivity contribution in [2.24, 2.45) is 0 Å². The number of pyridine rings is 1. The zero-order valence-corrected chi connectivity index (χ0v) is 10.6. The SMILES string of the molecule is CCN(CCOC)C(=O)c1cnccc1NC. The molecule has 1 rings (SSSR count). The van der Waals surface area contributed by atoms with Crippen LogP contribution < -0.4 is 5.32 Å². The van der Waals surface area contributed by atoms with E-state index in [1.165, 1.54) is 0 Å². The molecule has 1 amide bonds. The average molecular weight is 237 g/mol. The van der Waals surface area contributed by atoms with Crippen molar-refractivity contribution in [3.63, 3.8) is 0 Å². The summed E-state index contributed by atoms with van der Waals surface area (Å²) < 4.78 is 4.99. The highest BCUT2D eigenvalue weighted by Crippen LogP contribution is 2.15. The monoisotopic (exact) mass is 237 g/mol. The van der Waals surface area contributed by atoms with E-state index in [0.717, 1.165) is 5.69 Å². The Morgan fingerprint density at radius 2 is 2.35 bits per heavy atom. The van der Waals surface area contributed by atoms with E-state index in [0.29, 0.717) is 25.3 Å². The molecule has 0 aliphatic rings. The van der Waals surface area contributed by atoms with Gasteiger partial charge in [-0.1, -0.05) is 0 Å². The lowest BCUT2D eigenvalue weighted by Gasteiger charge is -2.21. The number of anilines is 1. The zero-order chi connectivity index (χ0) is 12.7. The summed E-state index contributed by atoms with van der Waals surface area (Å²) in [7, 11) is 3.42. The second-order valence-corrected chi connectivity index (χ2v) is 3.55. The second-order valence-electron chi connectivity index (χ2n) is 3.55. The van der Waals surface area contributed by atoms with Crippen molar-refractivity contribution in [2.75, 3.05) is 39.2 Å². The number of carbonyl (C=O) groups excluding carboxylic acids is 1. The number of methoxy groups -OCH3 is 1. The Kier molecular flexibility index (Phi) is 5.42. The third kappa shape index (κ3) is 3.42. The minimum absolute atomic E-state index is 0.0259. The van der Waals surface area contributed by atoms with Crippen molar-refractivity contribution in [1.29, 1.82) is 0 Å². The average Bonchev–Trinajstić information content (AvgIpc) is 2.39. The largest absolute Gasteiger partial charge is 0.387 e. The summed E-state index contributed by atoms with van der Waals surface area (Å²) in [5.41, 5.74) is 1.38. The van der Waals surface area contributed by atoms with Gasteiger partial charge in [0, 0.05) is 45.3 Å². The van der Waals surface area contributed by atoms with Crippen LogP contribution in [0.5, 0.6) is 0 Å². The van der Waals surface area contributed by atoms with Crippen LogP contribution in [0.25, 0.3) is 0 Å². The number of hydrogen-bond acceptors (Lipinski definition) is 4. The van der Waals surface area contributed by atoms with Gasteiger partial charge in [0.05, 0.1) is 12.2 Å². The molecule has 1 heterocycles. The maximum atomic E-state index is 12.3. The van der Waals surface area contributed by atoms with Crippen LogP contribution in [0.15, 0.2) is 18.5 Å². The van der Waals surface area contributed by atoms with Gasteiger partial charge in [-0.15, -0.1) is 0 Å². The molecule has 94 valence electrons. The van der Waals surface area contributed by atoms with Gasteiger partial charge >= 0.3 is 0 Å². The van der Waals surface area contributed by atoms with Gasteiger partial charge in [-0.05, 0) is 13.0 Å². The highest BCUT2D eigenvalue weighted by atomic mass is 16.5. The molecule has 5 heteroatoms. The molecule has 1 aromatic heterocycles. The van der Waals surface area contributed by atoms with Crippen LogP contribution in [-0.4, -0.2) is 49.6 Å². The topological polar surface area (TPSA) is 54.5 Å². The first-order chi connectivity index (χ1) is 8.24. The van der Waals surface area contributed by atoms with Gasteiger partial charge in [0.15, 0.2) is 0 Å². The molecule has 0 bridgehead atoms. The standard InChI is InChI=1S/C12H19N3O2/c1-4-15(7-8-17-3)12(16)10-9-14-6-5-11(10)13-2/h5-6,9H,4,7-8H2,1-3H3,(H,13,14). The molecule has 0 radical (unpaired) electrons. The Labute approximate surface area is 102 Å². The molecular weight excluding hydrogens is 218 g/mol. The first-order valence-electron chi connectivity index (χ1n) is 5.64. The summed E-state index contributed by atoms with van der Waals surface area (Å²) >= 11 is 0. The summed E-state index contributed by atoms with van der Waals surface area (Å²) in [6.45, 7) is 3.72. The van der Waals surface area contributed by atoms with Crippen molar-refractivity contribution in [3.8, 4) is 0 Å². The minimum Gasteiger partial charge on any atom is -0.387 e. The number of likely N-dealkylation sites (N-methyl/N-ethyl adjacent to an activating group) is 1. The molecule has 0 atom stereocenters. The molecule has 17 heavy (non-hydrogen) atoms. The molecule has 0 fully saturated rings. The Morgan fingerprint density at radius 3 is 2.94 bits per heavy atom. The van der Waals surface area contributed by atoms with Crippen LogP contribution in [0.3, 0.4) is 0 Å². The molecule has 0 aliphatic carbocycles. The summed E-state index contributed by atoms with van der Waals surface area (Å²) in [4.78, 5) is 18.0. The molecule has 0 saturated heterocycles. The fraction of sp³-hybridized carbons (Fsp3) is 0.500. The van der Waals surface area contributed by atoms with E-state index in [1.54, 1.807) is 37.5 Å². The number of nitrogens with zero attached hydrogens (tertiary/aromatic N) is 2. The van der Waals surface area contributed by atoms with Gasteiger partial charge in [0.25, 0.3) is 5.91 Å². The highest BCUT2D eigenvalue weighted by Gasteiger charge is 2.16. The fourth-order valence-electron chi connectivity index (χ4n) is 1.56. The van der Waals surface area contributed by atoms with Crippen molar-refractivity contribution in [1.82, 2.24) is 9.88 Å². The molecule has 1 N–H and O–H groups in total. The first-order valence-corrected chi connectivity index (χ1v) is 5.64. The molecule has 0 saturated carbocycles. The van der Waals surface area contributed by atoms with Crippen LogP contribution >= 0.6 is 0 Å². The summed E-state index contributed by atoms with van der Waals surface area (Å²) in [6.07, 6.45) is 3.25. The lowest BCUT2D eigenvalue weighted by Crippen LogP contribution is -2.34. The van der Waals surface area contributed by atoms with Crippen LogP contribution in [0.2, 0.25) is 0 Å². The Bertz CT molecular complexity index is 369. The molecule has 0 aromatic carbocycles. The summed E-state index contributed by atoms with van der Waals surface area (Å²) in [5, 5.41) is 2.99. The summed E-state index contributed by atoms with van der Waals surface area (Å²) in [6, 6.07) is 1.79. The normalized spacial score (nSPS) is 10.1. The van der Waals surface area contributed by atoms with Crippen molar-refractivity contribution in [3.05, 3.63) is 24.0 Å². The van der Waals surface area contributed by atoms with E-state index < -0.39 is 0 Å². The van der Waals surface area contributed by atoms with Gasteiger partial charge in [0.1, 0.15) is 0 Å². The first kappa shape index (κ1) is 13.4. The van der Waals surface area contributed by atoms with Crippen LogP contribution in [-0.2, 0) is 4.74 Å². The lowest BCUT2D eigenvalue weighted by atomic mass is 10.2.